The van der Waals surface area contributed by atoms with Gasteiger partial charge in [-0.2, -0.15) is 0 Å². The molecule has 3 aromatic rings. The number of hydrogen-bond donors (Lipinski definition) is 1. The van der Waals surface area contributed by atoms with Crippen LogP contribution in [0.5, 0.6) is 0 Å². The number of fused-ring (bicyclic) bond motifs is 1. The van der Waals surface area contributed by atoms with E-state index in [2.05, 4.69) is 50.4 Å². The fraction of sp³-hybridized carbons (Fsp3) is 0.400. The molecule has 0 saturated carbocycles. The molecule has 0 spiro atoms. The Hall–Kier alpha value is -3.03. The molecule has 0 atom stereocenters. The summed E-state index contributed by atoms with van der Waals surface area (Å²) in [6, 6.07) is 17.9. The first kappa shape index (κ1) is 22.2. The monoisotopic (exact) mass is 433 g/mol. The maximum atomic E-state index is 12.5. The summed E-state index contributed by atoms with van der Waals surface area (Å²) in [5, 5.41) is 3.56. The van der Waals surface area contributed by atoms with E-state index < -0.39 is 0 Å². The largest absolute Gasteiger partial charge is 0.356 e. The maximum Gasteiger partial charge on any atom is 0.261 e. The van der Waals surface area contributed by atoms with Crippen molar-refractivity contribution in [2.24, 2.45) is 0 Å². The van der Waals surface area contributed by atoms with E-state index in [4.69, 9.17) is 0 Å². The number of amides is 1. The summed E-state index contributed by atoms with van der Waals surface area (Å²) < 4.78 is 1.51. The van der Waals surface area contributed by atoms with E-state index in [0.717, 1.165) is 45.7 Å². The first-order chi connectivity index (χ1) is 15.7. The Bertz CT molecular complexity index is 1070. The maximum absolute atomic E-state index is 12.5. The van der Waals surface area contributed by atoms with E-state index >= 15 is 0 Å². The van der Waals surface area contributed by atoms with Gasteiger partial charge in [0.05, 0.1) is 17.2 Å². The van der Waals surface area contributed by atoms with Crippen LogP contribution in [0.25, 0.3) is 10.9 Å². The van der Waals surface area contributed by atoms with Gasteiger partial charge in [-0.1, -0.05) is 42.5 Å². The summed E-state index contributed by atoms with van der Waals surface area (Å²) >= 11 is 0. The number of nitrogens with one attached hydrogen (secondary N) is 1. The molecule has 0 bridgehead atoms. The zero-order valence-corrected chi connectivity index (χ0v) is 18.4. The van der Waals surface area contributed by atoms with Crippen LogP contribution in [0, 0.1) is 0 Å². The molecular formula is C25H31N5O2. The number of carbonyl (C=O) groups excluding carboxylic acids is 1. The second kappa shape index (κ2) is 11.0. The normalized spacial score (nSPS) is 15.1. The Morgan fingerprint density at radius 1 is 0.906 bits per heavy atom. The predicted molar refractivity (Wildman–Crippen MR) is 126 cm³/mol. The summed E-state index contributed by atoms with van der Waals surface area (Å²) in [7, 11) is 0. The number of piperazine rings is 1. The van der Waals surface area contributed by atoms with Gasteiger partial charge < -0.3 is 10.2 Å². The van der Waals surface area contributed by atoms with Crippen LogP contribution in [0.1, 0.15) is 18.4 Å². The molecule has 1 saturated heterocycles. The van der Waals surface area contributed by atoms with Crippen molar-refractivity contribution in [3.63, 3.8) is 0 Å². The van der Waals surface area contributed by atoms with Crippen molar-refractivity contribution in [2.75, 3.05) is 39.3 Å². The van der Waals surface area contributed by atoms with Crippen LogP contribution in [0.15, 0.2) is 65.7 Å². The van der Waals surface area contributed by atoms with E-state index in [0.29, 0.717) is 24.0 Å². The molecule has 0 unspecified atom stereocenters. The Kier molecular flexibility index (Phi) is 7.64. The molecule has 7 nitrogen and oxygen atoms in total. The van der Waals surface area contributed by atoms with Gasteiger partial charge in [-0.25, -0.2) is 4.98 Å². The average molecular weight is 434 g/mol. The van der Waals surface area contributed by atoms with Gasteiger partial charge in [0.15, 0.2) is 0 Å². The van der Waals surface area contributed by atoms with Gasteiger partial charge in [-0.05, 0) is 30.7 Å². The van der Waals surface area contributed by atoms with Crippen LogP contribution < -0.4 is 10.9 Å². The highest BCUT2D eigenvalue weighted by Crippen LogP contribution is 2.08. The summed E-state index contributed by atoms with van der Waals surface area (Å²) in [4.78, 5) is 33.9. The Morgan fingerprint density at radius 3 is 2.44 bits per heavy atom. The molecule has 1 aromatic heterocycles. The van der Waals surface area contributed by atoms with Gasteiger partial charge in [0.1, 0.15) is 0 Å². The molecule has 1 amide bonds. The zero-order chi connectivity index (χ0) is 22.2. The lowest BCUT2D eigenvalue weighted by Crippen LogP contribution is -2.46. The number of hydrogen-bond acceptors (Lipinski definition) is 5. The van der Waals surface area contributed by atoms with Crippen molar-refractivity contribution in [1.29, 1.82) is 0 Å². The molecule has 1 aliphatic rings. The first-order valence-corrected chi connectivity index (χ1v) is 11.4. The van der Waals surface area contributed by atoms with Gasteiger partial charge in [0.2, 0.25) is 5.91 Å². The number of rotatable bonds is 9. The molecule has 1 N–H and O–H groups in total. The standard InChI is InChI=1S/C25H31N5O2/c31-24(11-14-30-20-27-23-10-5-4-9-22(23)25(30)32)26-12-6-13-28-15-17-29(18-16-28)19-21-7-2-1-3-8-21/h1-5,7-10,20H,6,11-19H2,(H,26,31). The number of aryl methyl sites for hydroxylation is 1. The molecule has 4 rings (SSSR count). The summed E-state index contributed by atoms with van der Waals surface area (Å²) in [5.74, 6) is -0.0299. The third-order valence-electron chi connectivity index (χ3n) is 6.00. The van der Waals surface area contributed by atoms with Crippen molar-refractivity contribution in [1.82, 2.24) is 24.7 Å². The molecule has 168 valence electrons. The highest BCUT2D eigenvalue weighted by molar-refractivity contribution is 5.77. The van der Waals surface area contributed by atoms with Crippen molar-refractivity contribution in [3.05, 3.63) is 76.8 Å². The molecule has 2 aromatic carbocycles. The minimum absolute atomic E-state index is 0.0299. The molecular weight excluding hydrogens is 402 g/mol. The van der Waals surface area contributed by atoms with Gasteiger partial charge in [0, 0.05) is 52.2 Å². The average Bonchev–Trinajstić information content (AvgIpc) is 2.83. The lowest BCUT2D eigenvalue weighted by atomic mass is 10.2. The molecule has 32 heavy (non-hydrogen) atoms. The van der Waals surface area contributed by atoms with Gasteiger partial charge in [0.25, 0.3) is 5.56 Å². The molecule has 1 aliphatic heterocycles. The first-order valence-electron chi connectivity index (χ1n) is 11.4. The smallest absolute Gasteiger partial charge is 0.261 e. The van der Waals surface area contributed by atoms with Crippen LogP contribution in [0.2, 0.25) is 0 Å². The number of aromatic nitrogens is 2. The van der Waals surface area contributed by atoms with Crippen molar-refractivity contribution >= 4 is 16.8 Å². The number of benzene rings is 2. The molecule has 7 heteroatoms. The highest BCUT2D eigenvalue weighted by atomic mass is 16.1. The van der Waals surface area contributed by atoms with E-state index in [1.165, 1.54) is 16.5 Å². The fourth-order valence-electron chi connectivity index (χ4n) is 4.12. The van der Waals surface area contributed by atoms with Crippen LogP contribution in [0.4, 0.5) is 0 Å². The zero-order valence-electron chi connectivity index (χ0n) is 18.4. The second-order valence-corrected chi connectivity index (χ2v) is 8.32. The van der Waals surface area contributed by atoms with Crippen molar-refractivity contribution < 1.29 is 4.79 Å². The van der Waals surface area contributed by atoms with E-state index in [-0.39, 0.29) is 17.9 Å². The Labute approximate surface area is 188 Å². The minimum Gasteiger partial charge on any atom is -0.356 e. The van der Waals surface area contributed by atoms with Crippen LogP contribution in [-0.4, -0.2) is 64.5 Å². The van der Waals surface area contributed by atoms with Gasteiger partial charge in [-0.3, -0.25) is 19.1 Å². The lowest BCUT2D eigenvalue weighted by Gasteiger charge is -2.34. The fourth-order valence-corrected chi connectivity index (χ4v) is 4.12. The third-order valence-corrected chi connectivity index (χ3v) is 6.00. The van der Waals surface area contributed by atoms with E-state index in [1.807, 2.05) is 18.2 Å². The third kappa shape index (κ3) is 6.02. The van der Waals surface area contributed by atoms with Gasteiger partial charge in [-0.15, -0.1) is 0 Å². The molecule has 0 aliphatic carbocycles. The second-order valence-electron chi connectivity index (χ2n) is 8.32. The summed E-state index contributed by atoms with van der Waals surface area (Å²) in [5.41, 5.74) is 1.94. The SMILES string of the molecule is O=C(CCn1cnc2ccccc2c1=O)NCCCN1CCN(Cc2ccccc2)CC1. The van der Waals surface area contributed by atoms with E-state index in [9.17, 15) is 9.59 Å². The molecule has 2 heterocycles. The van der Waals surface area contributed by atoms with Crippen molar-refractivity contribution in [2.45, 2.75) is 25.9 Å². The van der Waals surface area contributed by atoms with Crippen LogP contribution >= 0.6 is 0 Å². The predicted octanol–water partition coefficient (Wildman–Crippen LogP) is 2.11. The summed E-state index contributed by atoms with van der Waals surface area (Å²) in [6.07, 6.45) is 2.73. The topological polar surface area (TPSA) is 70.5 Å². The molecule has 0 radical (unpaired) electrons. The summed E-state index contributed by atoms with van der Waals surface area (Å²) in [6.45, 7) is 7.30. The lowest BCUT2D eigenvalue weighted by molar-refractivity contribution is -0.121. The van der Waals surface area contributed by atoms with Crippen LogP contribution in [0.3, 0.4) is 0 Å². The van der Waals surface area contributed by atoms with Crippen molar-refractivity contribution in [3.8, 4) is 0 Å². The number of carbonyl (C=O) groups is 1. The van der Waals surface area contributed by atoms with E-state index in [1.54, 1.807) is 6.07 Å². The number of nitrogens with zero attached hydrogens (tertiary/aromatic N) is 4. The minimum atomic E-state index is -0.102. The molecule has 1 fully saturated rings. The quantitative estimate of drug-likeness (QED) is 0.524. The highest BCUT2D eigenvalue weighted by Gasteiger charge is 2.16. The number of para-hydroxylation sites is 1. The Balaban J connectivity index is 1.11. The van der Waals surface area contributed by atoms with Crippen LogP contribution in [-0.2, 0) is 17.9 Å². The van der Waals surface area contributed by atoms with Gasteiger partial charge >= 0.3 is 0 Å². The Morgan fingerprint density at radius 2 is 1.62 bits per heavy atom.